The second kappa shape index (κ2) is 7.86. The van der Waals surface area contributed by atoms with Crippen LogP contribution in [0.25, 0.3) is 0 Å². The van der Waals surface area contributed by atoms with E-state index in [1.165, 1.54) is 0 Å². The summed E-state index contributed by atoms with van der Waals surface area (Å²) in [5.74, 6) is 2.17. The molecule has 0 aromatic heterocycles. The lowest BCUT2D eigenvalue weighted by atomic mass is 10.6. The van der Waals surface area contributed by atoms with Crippen molar-refractivity contribution >= 4 is 11.8 Å². The van der Waals surface area contributed by atoms with Gasteiger partial charge in [-0.2, -0.15) is 11.8 Å². The van der Waals surface area contributed by atoms with Crippen LogP contribution >= 0.6 is 11.8 Å². The van der Waals surface area contributed by atoms with Gasteiger partial charge in [-0.3, -0.25) is 0 Å². The van der Waals surface area contributed by atoms with Crippen molar-refractivity contribution < 1.29 is 9.47 Å². The molecular formula is C8H17NO2S. The molecule has 1 rings (SSSR count). The lowest BCUT2D eigenvalue weighted by molar-refractivity contribution is 0.133. The molecule has 0 unspecified atom stereocenters. The fraction of sp³-hybridized carbons (Fsp3) is 1.00. The van der Waals surface area contributed by atoms with Crippen molar-refractivity contribution in [3.63, 3.8) is 0 Å². The monoisotopic (exact) mass is 191 g/mol. The molecule has 1 N–H and O–H groups in total. The number of rotatable bonds is 0. The zero-order chi connectivity index (χ0) is 8.49. The molecule has 0 aliphatic carbocycles. The molecule has 1 saturated heterocycles. The average molecular weight is 191 g/mol. The number of thioether (sulfide) groups is 1. The highest BCUT2D eigenvalue weighted by atomic mass is 32.2. The molecule has 0 aromatic rings. The Kier molecular flexibility index (Phi) is 6.75. The highest BCUT2D eigenvalue weighted by Crippen LogP contribution is 1.99. The fourth-order valence-corrected chi connectivity index (χ4v) is 1.63. The van der Waals surface area contributed by atoms with Crippen LogP contribution in [0.3, 0.4) is 0 Å². The molecular weight excluding hydrogens is 174 g/mol. The van der Waals surface area contributed by atoms with E-state index in [4.69, 9.17) is 9.47 Å². The molecule has 1 aliphatic rings. The quantitative estimate of drug-likeness (QED) is 0.599. The van der Waals surface area contributed by atoms with Gasteiger partial charge >= 0.3 is 0 Å². The molecule has 12 heavy (non-hydrogen) atoms. The summed E-state index contributed by atoms with van der Waals surface area (Å²) >= 11 is 1.90. The first-order valence-electron chi connectivity index (χ1n) is 4.44. The Morgan fingerprint density at radius 2 is 1.42 bits per heavy atom. The minimum absolute atomic E-state index is 0.820. The van der Waals surface area contributed by atoms with Crippen molar-refractivity contribution in [1.29, 1.82) is 0 Å². The fourth-order valence-electron chi connectivity index (χ4n) is 0.956. The minimum atomic E-state index is 0.820. The molecule has 3 nitrogen and oxygen atoms in total. The zero-order valence-electron chi connectivity index (χ0n) is 7.38. The molecule has 72 valence electrons. The highest BCUT2D eigenvalue weighted by molar-refractivity contribution is 7.99. The van der Waals surface area contributed by atoms with Crippen molar-refractivity contribution in [3.8, 4) is 0 Å². The van der Waals surface area contributed by atoms with Crippen molar-refractivity contribution in [3.05, 3.63) is 0 Å². The largest absolute Gasteiger partial charge is 0.379 e. The van der Waals surface area contributed by atoms with E-state index in [2.05, 4.69) is 5.32 Å². The average Bonchev–Trinajstić information content (AvgIpc) is 2.05. The third-order valence-corrected chi connectivity index (χ3v) is 2.50. The van der Waals surface area contributed by atoms with Gasteiger partial charge in [0.15, 0.2) is 0 Å². The van der Waals surface area contributed by atoms with Crippen LogP contribution in [0.5, 0.6) is 0 Å². The summed E-state index contributed by atoms with van der Waals surface area (Å²) in [6.45, 7) is 5.25. The Labute approximate surface area is 78.2 Å². The van der Waals surface area contributed by atoms with Crippen LogP contribution < -0.4 is 5.32 Å². The Morgan fingerprint density at radius 3 is 2.00 bits per heavy atom. The molecule has 1 fully saturated rings. The molecule has 4 heteroatoms. The van der Waals surface area contributed by atoms with E-state index < -0.39 is 0 Å². The van der Waals surface area contributed by atoms with E-state index in [0.717, 1.165) is 51.0 Å². The first-order chi connectivity index (χ1) is 6.00. The summed E-state index contributed by atoms with van der Waals surface area (Å²) in [6.07, 6.45) is 0. The van der Waals surface area contributed by atoms with Crippen LogP contribution in [0.15, 0.2) is 0 Å². The summed E-state index contributed by atoms with van der Waals surface area (Å²) in [7, 11) is 0. The molecule has 0 bridgehead atoms. The summed E-state index contributed by atoms with van der Waals surface area (Å²) in [6, 6.07) is 0. The second-order valence-electron chi connectivity index (χ2n) is 2.59. The van der Waals surface area contributed by atoms with Gasteiger partial charge < -0.3 is 14.8 Å². The molecule has 0 aromatic carbocycles. The second-order valence-corrected chi connectivity index (χ2v) is 3.81. The maximum atomic E-state index is 5.38. The summed E-state index contributed by atoms with van der Waals surface area (Å²) < 4.78 is 10.8. The predicted molar refractivity (Wildman–Crippen MR) is 51.8 cm³/mol. The number of hydrogen-bond acceptors (Lipinski definition) is 4. The normalized spacial score (nSPS) is 24.0. The number of ether oxygens (including phenoxy) is 2. The number of nitrogens with one attached hydrogen (secondary N) is 1. The predicted octanol–water partition coefficient (Wildman–Crippen LogP) is 0.356. The maximum Gasteiger partial charge on any atom is 0.0591 e. The summed E-state index contributed by atoms with van der Waals surface area (Å²) in [5, 5.41) is 3.25. The van der Waals surface area contributed by atoms with E-state index in [-0.39, 0.29) is 0 Å². The highest BCUT2D eigenvalue weighted by Gasteiger charge is 1.94. The molecule has 0 spiro atoms. The van der Waals surface area contributed by atoms with Gasteiger partial charge in [0.2, 0.25) is 0 Å². The van der Waals surface area contributed by atoms with Crippen molar-refractivity contribution in [2.45, 2.75) is 0 Å². The smallest absolute Gasteiger partial charge is 0.0591 e. The van der Waals surface area contributed by atoms with Crippen LogP contribution in [0.1, 0.15) is 0 Å². The van der Waals surface area contributed by atoms with Gasteiger partial charge in [-0.05, 0) is 0 Å². The maximum absolute atomic E-state index is 5.38. The Hall–Kier alpha value is 0.230. The molecule has 0 saturated carbocycles. The molecule has 1 heterocycles. The van der Waals surface area contributed by atoms with E-state index in [0.29, 0.717) is 0 Å². The topological polar surface area (TPSA) is 30.5 Å². The van der Waals surface area contributed by atoms with Gasteiger partial charge in [0.1, 0.15) is 0 Å². The van der Waals surface area contributed by atoms with E-state index in [1.807, 2.05) is 11.8 Å². The molecule has 1 aliphatic heterocycles. The van der Waals surface area contributed by atoms with Crippen LogP contribution in [0.2, 0.25) is 0 Å². The Balaban J connectivity index is 2.00. The molecule has 0 amide bonds. The first kappa shape index (κ1) is 10.3. The summed E-state index contributed by atoms with van der Waals surface area (Å²) in [4.78, 5) is 0. The summed E-state index contributed by atoms with van der Waals surface area (Å²) in [5.41, 5.74) is 0. The minimum Gasteiger partial charge on any atom is -0.379 e. The van der Waals surface area contributed by atoms with E-state index in [1.54, 1.807) is 0 Å². The lowest BCUT2D eigenvalue weighted by Crippen LogP contribution is -2.25. The Morgan fingerprint density at radius 1 is 0.833 bits per heavy atom. The van der Waals surface area contributed by atoms with Gasteiger partial charge in [-0.25, -0.2) is 0 Å². The van der Waals surface area contributed by atoms with Crippen molar-refractivity contribution in [1.82, 2.24) is 5.32 Å². The van der Waals surface area contributed by atoms with E-state index in [9.17, 15) is 0 Å². The van der Waals surface area contributed by atoms with Gasteiger partial charge in [-0.15, -0.1) is 0 Å². The number of hydrogen-bond donors (Lipinski definition) is 1. The zero-order valence-corrected chi connectivity index (χ0v) is 8.20. The third-order valence-electron chi connectivity index (χ3n) is 1.59. The van der Waals surface area contributed by atoms with Gasteiger partial charge in [0.05, 0.1) is 26.4 Å². The third kappa shape index (κ3) is 5.83. The molecule has 0 atom stereocenters. The molecule has 0 radical (unpaired) electrons. The van der Waals surface area contributed by atoms with Gasteiger partial charge in [0.25, 0.3) is 0 Å². The van der Waals surface area contributed by atoms with Crippen LogP contribution in [0.4, 0.5) is 0 Å². The van der Waals surface area contributed by atoms with Gasteiger partial charge in [-0.1, -0.05) is 0 Å². The lowest BCUT2D eigenvalue weighted by Gasteiger charge is -2.09. The van der Waals surface area contributed by atoms with E-state index >= 15 is 0 Å². The standard InChI is InChI=1S/C8H17NO2S/c1-3-10-5-7-12-8-6-11-4-2-9-1/h9H,1-8H2. The van der Waals surface area contributed by atoms with Gasteiger partial charge in [0, 0.05) is 24.6 Å². The van der Waals surface area contributed by atoms with Crippen LogP contribution in [0, 0.1) is 0 Å². The Bertz CT molecular complexity index is 60.0. The van der Waals surface area contributed by atoms with Crippen molar-refractivity contribution in [2.75, 3.05) is 51.0 Å². The SMILES string of the molecule is C1COCCSCCOCCN1. The van der Waals surface area contributed by atoms with Crippen molar-refractivity contribution in [2.24, 2.45) is 0 Å². The van der Waals surface area contributed by atoms with Crippen LogP contribution in [-0.4, -0.2) is 51.0 Å². The first-order valence-corrected chi connectivity index (χ1v) is 5.59. The van der Waals surface area contributed by atoms with Crippen LogP contribution in [-0.2, 0) is 9.47 Å².